The van der Waals surface area contributed by atoms with Crippen LogP contribution in [0.15, 0.2) is 24.3 Å². The van der Waals surface area contributed by atoms with Crippen molar-refractivity contribution >= 4 is 5.69 Å². The van der Waals surface area contributed by atoms with Crippen LogP contribution < -0.4 is 5.32 Å². The summed E-state index contributed by atoms with van der Waals surface area (Å²) in [6.07, 6.45) is 3.74. The van der Waals surface area contributed by atoms with E-state index in [1.165, 1.54) is 30.5 Å². The van der Waals surface area contributed by atoms with E-state index in [0.29, 0.717) is 0 Å². The Morgan fingerprint density at radius 1 is 1.09 bits per heavy atom. The summed E-state index contributed by atoms with van der Waals surface area (Å²) < 4.78 is 0. The maximum absolute atomic E-state index is 4.49. The Hall–Kier alpha value is -0.980. The Labute approximate surface area is 67.4 Å². The maximum atomic E-state index is 4.49. The second kappa shape index (κ2) is 2.95. The molecular weight excluding hydrogens is 134 g/mol. The summed E-state index contributed by atoms with van der Waals surface area (Å²) in [5.41, 5.74) is 2.63. The smallest absolute Gasteiger partial charge is 0.0606 e. The first kappa shape index (κ1) is 6.71. The quantitative estimate of drug-likeness (QED) is 0.533. The molecule has 0 saturated heterocycles. The van der Waals surface area contributed by atoms with E-state index in [4.69, 9.17) is 0 Å². The lowest BCUT2D eigenvalue weighted by atomic mass is 10.1. The SMILES string of the molecule is c1ccc2c(c1)CCCC[N]2. The molecule has 1 radical (unpaired) electrons. The normalized spacial score (nSPS) is 16.4. The minimum atomic E-state index is 1.01. The Bertz CT molecular complexity index is 217. The molecule has 0 fully saturated rings. The summed E-state index contributed by atoms with van der Waals surface area (Å²) >= 11 is 0. The predicted octanol–water partition coefficient (Wildman–Crippen LogP) is 2.26. The van der Waals surface area contributed by atoms with Crippen molar-refractivity contribution in [3.63, 3.8) is 0 Å². The summed E-state index contributed by atoms with van der Waals surface area (Å²) in [4.78, 5) is 0. The van der Waals surface area contributed by atoms with Crippen LogP contribution in [0.4, 0.5) is 5.69 Å². The fourth-order valence-corrected chi connectivity index (χ4v) is 1.50. The molecule has 1 heteroatoms. The third-order valence-corrected chi connectivity index (χ3v) is 2.13. The molecule has 1 aliphatic heterocycles. The molecule has 0 bridgehead atoms. The van der Waals surface area contributed by atoms with Crippen LogP contribution in [0, 0.1) is 0 Å². The Morgan fingerprint density at radius 2 is 2.00 bits per heavy atom. The number of benzene rings is 1. The predicted molar refractivity (Wildman–Crippen MR) is 46.0 cm³/mol. The van der Waals surface area contributed by atoms with E-state index in [-0.39, 0.29) is 0 Å². The molecule has 0 aliphatic carbocycles. The second-order valence-corrected chi connectivity index (χ2v) is 2.97. The largest absolute Gasteiger partial charge is 0.285 e. The highest BCUT2D eigenvalue weighted by Gasteiger charge is 2.05. The lowest BCUT2D eigenvalue weighted by Gasteiger charge is -2.02. The number of nitrogens with zero attached hydrogens (tertiary/aromatic N) is 1. The van der Waals surface area contributed by atoms with Gasteiger partial charge in [-0.15, -0.1) is 0 Å². The van der Waals surface area contributed by atoms with Crippen LogP contribution in [0.3, 0.4) is 0 Å². The highest BCUT2D eigenvalue weighted by molar-refractivity contribution is 5.45. The van der Waals surface area contributed by atoms with Gasteiger partial charge in [-0.25, -0.2) is 0 Å². The fraction of sp³-hybridized carbons (Fsp3) is 0.400. The number of hydrogen-bond donors (Lipinski definition) is 0. The topological polar surface area (TPSA) is 14.1 Å². The highest BCUT2D eigenvalue weighted by atomic mass is 14.9. The van der Waals surface area contributed by atoms with Crippen molar-refractivity contribution in [2.24, 2.45) is 0 Å². The Kier molecular flexibility index (Phi) is 1.80. The molecule has 0 N–H and O–H groups in total. The minimum Gasteiger partial charge on any atom is -0.285 e. The van der Waals surface area contributed by atoms with Crippen molar-refractivity contribution in [3.05, 3.63) is 29.8 Å². The molecule has 1 heterocycles. The van der Waals surface area contributed by atoms with E-state index >= 15 is 0 Å². The molecule has 1 aliphatic rings. The summed E-state index contributed by atoms with van der Waals surface area (Å²) in [7, 11) is 0. The lowest BCUT2D eigenvalue weighted by molar-refractivity contribution is 0.726. The zero-order chi connectivity index (χ0) is 7.52. The monoisotopic (exact) mass is 146 g/mol. The van der Waals surface area contributed by atoms with Crippen molar-refractivity contribution in [2.75, 3.05) is 6.54 Å². The Morgan fingerprint density at radius 3 is 3.00 bits per heavy atom. The summed E-state index contributed by atoms with van der Waals surface area (Å²) in [5, 5.41) is 4.49. The number of hydrogen-bond acceptors (Lipinski definition) is 0. The molecule has 1 aromatic carbocycles. The van der Waals surface area contributed by atoms with Crippen LogP contribution in [0.1, 0.15) is 18.4 Å². The van der Waals surface area contributed by atoms with Gasteiger partial charge in [0.15, 0.2) is 0 Å². The molecule has 11 heavy (non-hydrogen) atoms. The first-order chi connectivity index (χ1) is 5.47. The first-order valence-electron chi connectivity index (χ1n) is 4.22. The minimum absolute atomic E-state index is 1.01. The molecule has 1 nitrogen and oxygen atoms in total. The lowest BCUT2D eigenvalue weighted by Crippen LogP contribution is -1.97. The first-order valence-corrected chi connectivity index (χ1v) is 4.22. The zero-order valence-electron chi connectivity index (χ0n) is 6.59. The third kappa shape index (κ3) is 1.37. The molecule has 57 valence electrons. The van der Waals surface area contributed by atoms with Gasteiger partial charge in [0.25, 0.3) is 0 Å². The molecule has 0 amide bonds. The summed E-state index contributed by atoms with van der Waals surface area (Å²) in [6, 6.07) is 8.46. The van der Waals surface area contributed by atoms with Gasteiger partial charge in [-0.05, 0) is 30.9 Å². The van der Waals surface area contributed by atoms with Crippen molar-refractivity contribution < 1.29 is 0 Å². The summed E-state index contributed by atoms with van der Waals surface area (Å²) in [5.74, 6) is 0. The summed E-state index contributed by atoms with van der Waals surface area (Å²) in [6.45, 7) is 1.01. The Balaban J connectivity index is 2.33. The molecule has 0 atom stereocenters. The number of aryl methyl sites for hydroxylation is 1. The van der Waals surface area contributed by atoms with Crippen LogP contribution >= 0.6 is 0 Å². The van der Waals surface area contributed by atoms with E-state index in [1.54, 1.807) is 0 Å². The molecule has 0 unspecified atom stereocenters. The molecule has 1 aromatic rings. The van der Waals surface area contributed by atoms with Gasteiger partial charge in [-0.3, -0.25) is 5.32 Å². The van der Waals surface area contributed by atoms with Crippen molar-refractivity contribution in [1.82, 2.24) is 5.32 Å². The van der Waals surface area contributed by atoms with Gasteiger partial charge in [0.05, 0.1) is 5.69 Å². The van der Waals surface area contributed by atoms with Gasteiger partial charge in [0.2, 0.25) is 0 Å². The van der Waals surface area contributed by atoms with Crippen LogP contribution in [0.25, 0.3) is 0 Å². The van der Waals surface area contributed by atoms with Crippen molar-refractivity contribution in [1.29, 1.82) is 0 Å². The van der Waals surface area contributed by atoms with Gasteiger partial charge in [-0.2, -0.15) is 0 Å². The van der Waals surface area contributed by atoms with Crippen LogP contribution in [0.2, 0.25) is 0 Å². The van der Waals surface area contributed by atoms with Gasteiger partial charge >= 0.3 is 0 Å². The highest BCUT2D eigenvalue weighted by Crippen LogP contribution is 2.20. The van der Waals surface area contributed by atoms with Gasteiger partial charge in [0.1, 0.15) is 0 Å². The zero-order valence-corrected chi connectivity index (χ0v) is 6.59. The molecule has 0 aromatic heterocycles. The van der Waals surface area contributed by atoms with Crippen LogP contribution in [-0.2, 0) is 6.42 Å². The van der Waals surface area contributed by atoms with Crippen LogP contribution in [-0.4, -0.2) is 6.54 Å². The molecule has 2 rings (SSSR count). The van der Waals surface area contributed by atoms with E-state index in [2.05, 4.69) is 29.6 Å². The molecule has 0 saturated carbocycles. The van der Waals surface area contributed by atoms with E-state index in [9.17, 15) is 0 Å². The van der Waals surface area contributed by atoms with Crippen molar-refractivity contribution in [2.45, 2.75) is 19.3 Å². The standard InChI is InChI=1S/C10H12N/c1-2-7-10-9(5-1)6-3-4-8-11-10/h1-2,5,7H,3-4,6,8H2. The number of para-hydroxylation sites is 1. The van der Waals surface area contributed by atoms with Gasteiger partial charge in [-0.1, -0.05) is 18.2 Å². The number of rotatable bonds is 0. The molecule has 0 spiro atoms. The van der Waals surface area contributed by atoms with E-state index < -0.39 is 0 Å². The van der Waals surface area contributed by atoms with Gasteiger partial charge in [0, 0.05) is 6.54 Å². The average molecular weight is 146 g/mol. The second-order valence-electron chi connectivity index (χ2n) is 2.97. The van der Waals surface area contributed by atoms with Gasteiger partial charge < -0.3 is 0 Å². The van der Waals surface area contributed by atoms with Crippen molar-refractivity contribution in [3.8, 4) is 0 Å². The van der Waals surface area contributed by atoms with Crippen LogP contribution in [0.5, 0.6) is 0 Å². The van der Waals surface area contributed by atoms with E-state index in [1.807, 2.05) is 0 Å². The molecular formula is C10H12N. The fourth-order valence-electron chi connectivity index (χ4n) is 1.50. The van der Waals surface area contributed by atoms with E-state index in [0.717, 1.165) is 6.54 Å². The average Bonchev–Trinajstić information content (AvgIpc) is 2.28. The maximum Gasteiger partial charge on any atom is 0.0606 e. The number of fused-ring (bicyclic) bond motifs is 1. The third-order valence-electron chi connectivity index (χ3n) is 2.13.